The number of amides is 3. The van der Waals surface area contributed by atoms with Crippen molar-refractivity contribution in [3.8, 4) is 74.4 Å². The molecule has 0 N–H and O–H groups in total. The first-order valence-corrected chi connectivity index (χ1v) is 34.2. The molecule has 6 aromatic carbocycles. The Bertz CT molecular complexity index is 5140. The summed E-state index contributed by atoms with van der Waals surface area (Å²) in [7, 11) is 3.85. The van der Waals surface area contributed by atoms with Gasteiger partial charge in [0, 0.05) is 138 Å². The van der Waals surface area contributed by atoms with Crippen LogP contribution in [0.1, 0.15) is 11.4 Å². The number of aryl methyl sites for hydroxylation is 1. The van der Waals surface area contributed by atoms with Gasteiger partial charge in [0.25, 0.3) is 0 Å². The Morgan fingerprint density at radius 3 is 1.03 bits per heavy atom. The molecule has 3 saturated heterocycles. The van der Waals surface area contributed by atoms with Crippen LogP contribution in [0.25, 0.3) is 68.3 Å². The molecule has 6 aromatic heterocycles. The zero-order valence-electron chi connectivity index (χ0n) is 58.6. The zero-order chi connectivity index (χ0) is 75.4. The van der Waals surface area contributed by atoms with Crippen molar-refractivity contribution in [3.05, 3.63) is 223 Å². The maximum absolute atomic E-state index is 13.5. The summed E-state index contributed by atoms with van der Waals surface area (Å²) in [5.41, 5.74) is 4.68. The average molecular weight is 1470 g/mol. The molecular formula is C75H68F6N24O3. The van der Waals surface area contributed by atoms with Crippen molar-refractivity contribution in [1.29, 1.82) is 5.26 Å². The van der Waals surface area contributed by atoms with Crippen LogP contribution in [0.2, 0.25) is 0 Å². The Morgan fingerprint density at radius 1 is 0.389 bits per heavy atom. The average Bonchev–Trinajstić information content (AvgIpc) is 1.63. The molecule has 3 aliphatic heterocycles. The second-order valence-corrected chi connectivity index (χ2v) is 25.2. The molecule has 0 spiro atoms. The van der Waals surface area contributed by atoms with Crippen LogP contribution < -0.4 is 19.6 Å². The molecule has 0 bridgehead atoms. The van der Waals surface area contributed by atoms with Crippen LogP contribution >= 0.6 is 0 Å². The van der Waals surface area contributed by atoms with Gasteiger partial charge in [-0.15, -0.1) is 15.3 Å². The lowest BCUT2D eigenvalue weighted by Gasteiger charge is -2.35. The molecule has 0 aliphatic carbocycles. The highest BCUT2D eigenvalue weighted by Gasteiger charge is 2.29. The van der Waals surface area contributed by atoms with Gasteiger partial charge in [-0.25, -0.2) is 85.2 Å². The van der Waals surface area contributed by atoms with Gasteiger partial charge < -0.3 is 34.3 Å². The van der Waals surface area contributed by atoms with E-state index in [0.29, 0.717) is 176 Å². The van der Waals surface area contributed by atoms with Crippen molar-refractivity contribution < 1.29 is 40.7 Å². The van der Waals surface area contributed by atoms with E-state index in [4.69, 9.17) is 0 Å². The molecular weight excluding hydrogens is 1400 g/mol. The normalized spacial score (nSPS) is 13.6. The molecule has 33 heteroatoms. The monoisotopic (exact) mass is 1470 g/mol. The van der Waals surface area contributed by atoms with Gasteiger partial charge in [0.15, 0.2) is 34.9 Å². The topological polar surface area (TPSA) is 280 Å². The van der Waals surface area contributed by atoms with Gasteiger partial charge in [-0.2, -0.15) is 10.2 Å². The third-order valence-electron chi connectivity index (χ3n) is 17.8. The van der Waals surface area contributed by atoms with E-state index in [-0.39, 0.29) is 72.3 Å². The maximum Gasteiger partial charge on any atom is 0.244 e. The highest BCUT2D eigenvalue weighted by molar-refractivity contribution is 5.79. The second-order valence-electron chi connectivity index (χ2n) is 25.2. The lowest BCUT2D eigenvalue weighted by atomic mass is 10.2. The molecule has 15 rings (SSSR count). The zero-order valence-corrected chi connectivity index (χ0v) is 58.6. The summed E-state index contributed by atoms with van der Waals surface area (Å²) >= 11 is 0. The fourth-order valence-corrected chi connectivity index (χ4v) is 12.0. The molecule has 548 valence electrons. The van der Waals surface area contributed by atoms with Crippen LogP contribution in [0, 0.1) is 53.2 Å². The van der Waals surface area contributed by atoms with Gasteiger partial charge in [-0.1, -0.05) is 0 Å². The molecule has 9 heterocycles. The molecule has 27 nitrogen and oxygen atoms in total. The van der Waals surface area contributed by atoms with Crippen LogP contribution in [0.15, 0.2) is 177 Å². The van der Waals surface area contributed by atoms with Gasteiger partial charge >= 0.3 is 0 Å². The summed E-state index contributed by atoms with van der Waals surface area (Å²) in [5, 5.41) is 22.8. The van der Waals surface area contributed by atoms with Crippen molar-refractivity contribution in [1.82, 2.24) is 93.9 Å². The fourth-order valence-electron chi connectivity index (χ4n) is 12.0. The number of benzene rings is 6. The molecule has 12 aromatic rings. The summed E-state index contributed by atoms with van der Waals surface area (Å²) in [6, 6.07) is 40.4. The highest BCUT2D eigenvalue weighted by atomic mass is 19.1. The summed E-state index contributed by atoms with van der Waals surface area (Å²) < 4.78 is 85.2. The Labute approximate surface area is 614 Å². The van der Waals surface area contributed by atoms with Crippen molar-refractivity contribution in [3.63, 3.8) is 0 Å². The minimum Gasteiger partial charge on any atom is -0.363 e. The van der Waals surface area contributed by atoms with E-state index >= 15 is 0 Å². The second kappa shape index (κ2) is 33.1. The van der Waals surface area contributed by atoms with Gasteiger partial charge in [0.2, 0.25) is 35.6 Å². The molecule has 0 atom stereocenters. The third-order valence-corrected chi connectivity index (χ3v) is 17.8. The van der Waals surface area contributed by atoms with E-state index in [1.54, 1.807) is 99.8 Å². The van der Waals surface area contributed by atoms with Crippen molar-refractivity contribution in [2.24, 2.45) is 0 Å². The summed E-state index contributed by atoms with van der Waals surface area (Å²) in [4.78, 5) is 96.3. The van der Waals surface area contributed by atoms with E-state index in [9.17, 15) is 46.0 Å². The Kier molecular flexibility index (Phi) is 22.4. The first-order chi connectivity index (χ1) is 52.3. The fraction of sp³-hybridized carbons (Fsp3) is 0.240. The number of nitrogens with zero attached hydrogens (tertiary/aromatic N) is 24. The highest BCUT2D eigenvalue weighted by Crippen LogP contribution is 2.29. The minimum absolute atomic E-state index is 0.0342. The smallest absolute Gasteiger partial charge is 0.244 e. The van der Waals surface area contributed by atoms with E-state index in [1.165, 1.54) is 99.5 Å². The predicted molar refractivity (Wildman–Crippen MR) is 386 cm³/mol. The van der Waals surface area contributed by atoms with Gasteiger partial charge in [-0.3, -0.25) is 14.4 Å². The van der Waals surface area contributed by atoms with E-state index < -0.39 is 0 Å². The first-order valence-electron chi connectivity index (χ1n) is 34.2. The van der Waals surface area contributed by atoms with Crippen LogP contribution in [0.3, 0.4) is 0 Å². The van der Waals surface area contributed by atoms with Crippen molar-refractivity contribution >= 4 is 41.4 Å². The molecule has 3 fully saturated rings. The lowest BCUT2D eigenvalue weighted by Crippen LogP contribution is -2.50. The molecule has 108 heavy (non-hydrogen) atoms. The number of carbonyl (C=O) groups is 3. The Morgan fingerprint density at radius 2 is 0.704 bits per heavy atom. The number of halogens is 6. The van der Waals surface area contributed by atoms with E-state index in [0.717, 1.165) is 5.82 Å². The summed E-state index contributed by atoms with van der Waals surface area (Å²) in [5.74, 6) is 2.20. The first kappa shape index (κ1) is 72.9. The van der Waals surface area contributed by atoms with Crippen molar-refractivity contribution in [2.75, 3.05) is 112 Å². The van der Waals surface area contributed by atoms with Crippen molar-refractivity contribution in [2.45, 2.75) is 26.6 Å². The maximum atomic E-state index is 13.5. The molecule has 0 unspecified atom stereocenters. The lowest BCUT2D eigenvalue weighted by molar-refractivity contribution is -0.133. The Hall–Kier alpha value is -13.4. The quantitative estimate of drug-likeness (QED) is 0.0817. The van der Waals surface area contributed by atoms with Crippen LogP contribution in [-0.2, 0) is 34.0 Å². The molecule has 3 aliphatic rings. The number of hydrogen-bond donors (Lipinski definition) is 0. The predicted octanol–water partition coefficient (Wildman–Crippen LogP) is 8.73. The number of nitriles is 1. The summed E-state index contributed by atoms with van der Waals surface area (Å²) in [6.45, 7) is 8.04. The standard InChI is InChI=1S/C26H26F2N8O.C26H22F2N8O.C23H20F2N8O/c1-33(2)22-11-12-29-26(30-22)35-15-13-34(14-16-35)23(37)17-36-25(19-5-9-21(28)10-6-19)31-24(32-36)18-3-7-20(27)8-4-18;1-17-14-22(15-29)31-26(30-17)35-12-10-34(11-13-35)23(37)16-36-25(19-4-8-21(28)9-5-19)32-24(33-36)18-2-6-20(27)7-3-18;24-18-5-1-16(2-6-18)21-29-22(17-3-7-19(25)8-4-17)33(30-21)13-20(34)31-9-11-32(12-10-31)23-27-14-26-15-28-23/h3-12H,13-17H2,1-2H3;2-9,14H,10-13,16H2,1H3;1-8,14-15H,9-13H2. The van der Waals surface area contributed by atoms with Crippen LogP contribution in [-0.4, -0.2) is 204 Å². The number of carbonyl (C=O) groups excluding carboxylic acids is 3. The van der Waals surface area contributed by atoms with Crippen LogP contribution in [0.5, 0.6) is 0 Å². The number of hydrogen-bond acceptors (Lipinski definition) is 21. The van der Waals surface area contributed by atoms with Gasteiger partial charge in [0.1, 0.15) is 84.8 Å². The Balaban J connectivity index is 0.000000143. The number of rotatable bonds is 16. The number of aromatic nitrogens is 16. The molecule has 0 saturated carbocycles. The SMILES string of the molecule is CN(C)c1ccnc(N2CCN(C(=O)Cn3nc(-c4ccc(F)cc4)nc3-c3ccc(F)cc3)CC2)n1.Cc1cc(C#N)nc(N2CCN(C(=O)Cn3nc(-c4ccc(F)cc4)nc3-c3ccc(F)cc3)CC2)n1.O=C(Cn1nc(-c2ccc(F)cc2)nc1-c1ccc(F)cc1)N1CCN(c2ncncn2)CC1. The molecule has 0 radical (unpaired) electrons. The van der Waals surface area contributed by atoms with Gasteiger partial charge in [0.05, 0.1) is 0 Å². The van der Waals surface area contributed by atoms with E-state index in [1.807, 2.05) is 47.9 Å². The largest absolute Gasteiger partial charge is 0.363 e. The summed E-state index contributed by atoms with van der Waals surface area (Å²) in [6.07, 6.45) is 4.62. The minimum atomic E-state index is -0.387. The number of piperazine rings is 3. The third kappa shape index (κ3) is 17.9. The van der Waals surface area contributed by atoms with Gasteiger partial charge in [-0.05, 0) is 165 Å². The molecule has 3 amide bonds. The van der Waals surface area contributed by atoms with Crippen LogP contribution in [0.4, 0.5) is 50.0 Å². The van der Waals surface area contributed by atoms with E-state index in [2.05, 4.69) is 70.0 Å². The number of anilines is 4.